The molecule has 0 bridgehead atoms. The van der Waals surface area contributed by atoms with Gasteiger partial charge in [-0.3, -0.25) is 0 Å². The van der Waals surface area contributed by atoms with E-state index in [1.807, 2.05) is 0 Å². The topological polar surface area (TPSA) is 68.2 Å². The molecule has 1 heterocycles. The van der Waals surface area contributed by atoms with Crippen molar-refractivity contribution < 1.29 is 24.4 Å². The van der Waals surface area contributed by atoms with Gasteiger partial charge in [-0.15, -0.1) is 0 Å². The van der Waals surface area contributed by atoms with Crippen molar-refractivity contribution in [3.8, 4) is 0 Å². The number of rotatable bonds is 29. The normalized spacial score (nSPS) is 20.3. The maximum absolute atomic E-state index is 10.8. The average Bonchev–Trinajstić information content (AvgIpc) is 3.00. The smallest absolute Gasteiger partial charge is 0.160 e. The molecule has 7 heteroatoms. The largest absolute Gasteiger partial charge is 0.484 e. The Hall–Kier alpha value is -0.340. The SMILES string of the molecule is CCCCCCCCCCCCCCC(=S)OC[C@@H]1OC[C@@H](O)[C@H](OC(=S)CCCCCCCCCCCCCC)[C@H]1O. The second kappa shape index (κ2) is 29.1. The van der Waals surface area contributed by atoms with E-state index in [1.54, 1.807) is 0 Å². The van der Waals surface area contributed by atoms with Crippen molar-refractivity contribution in [2.75, 3.05) is 13.2 Å². The van der Waals surface area contributed by atoms with Gasteiger partial charge in [-0.1, -0.05) is 155 Å². The fourth-order valence-corrected chi connectivity index (χ4v) is 6.30. The summed E-state index contributed by atoms with van der Waals surface area (Å²) in [7, 11) is 0. The zero-order valence-electron chi connectivity index (χ0n) is 28.0. The van der Waals surface area contributed by atoms with Crippen LogP contribution in [0.1, 0.15) is 181 Å². The van der Waals surface area contributed by atoms with E-state index in [1.165, 1.54) is 135 Å². The fraction of sp³-hybridized carbons (Fsp3) is 0.944. The molecule has 1 rings (SSSR count). The minimum absolute atomic E-state index is 0.0858. The number of aliphatic hydroxyl groups excluding tert-OH is 2. The Morgan fingerprint density at radius 1 is 0.581 bits per heavy atom. The predicted molar refractivity (Wildman–Crippen MR) is 189 cm³/mol. The van der Waals surface area contributed by atoms with Crippen LogP contribution >= 0.6 is 24.4 Å². The van der Waals surface area contributed by atoms with Gasteiger partial charge in [-0.2, -0.15) is 0 Å². The molecule has 0 aliphatic carbocycles. The van der Waals surface area contributed by atoms with Crippen molar-refractivity contribution in [3.05, 3.63) is 0 Å². The second-order valence-electron chi connectivity index (χ2n) is 12.8. The Morgan fingerprint density at radius 3 is 1.37 bits per heavy atom. The summed E-state index contributed by atoms with van der Waals surface area (Å²) in [5, 5.41) is 22.2. The molecule has 0 amide bonds. The highest BCUT2D eigenvalue weighted by Crippen LogP contribution is 2.21. The highest BCUT2D eigenvalue weighted by Gasteiger charge is 2.41. The molecule has 1 saturated heterocycles. The standard InChI is InChI=1S/C36H68O5S2/c1-3-5-7-9-11-13-15-17-19-21-23-25-27-33(42)40-30-32-35(38)36(31(37)29-39-32)41-34(43)28-26-24-22-20-18-16-14-12-10-8-6-4-2/h31-32,35-38H,3-30H2,1-2H3/t31-,32+,35+,36+/m1/s1. The summed E-state index contributed by atoms with van der Waals surface area (Å²) in [6.07, 6.45) is 29.3. The molecular formula is C36H68O5S2. The molecule has 0 aromatic heterocycles. The van der Waals surface area contributed by atoms with Crippen LogP contribution in [0.5, 0.6) is 0 Å². The van der Waals surface area contributed by atoms with E-state index in [0.29, 0.717) is 16.5 Å². The zero-order chi connectivity index (χ0) is 31.4. The fourth-order valence-electron chi connectivity index (χ4n) is 5.83. The van der Waals surface area contributed by atoms with E-state index >= 15 is 0 Å². The first-order valence-corrected chi connectivity index (χ1v) is 19.1. The van der Waals surface area contributed by atoms with Gasteiger partial charge in [0.25, 0.3) is 0 Å². The maximum atomic E-state index is 10.8. The Morgan fingerprint density at radius 2 is 0.953 bits per heavy atom. The first kappa shape index (κ1) is 40.7. The van der Waals surface area contributed by atoms with Crippen LogP contribution in [0.15, 0.2) is 0 Å². The van der Waals surface area contributed by atoms with E-state index in [0.717, 1.165) is 25.7 Å². The van der Waals surface area contributed by atoms with Crippen molar-refractivity contribution in [1.29, 1.82) is 0 Å². The molecule has 4 atom stereocenters. The molecule has 0 saturated carbocycles. The lowest BCUT2D eigenvalue weighted by Gasteiger charge is -2.37. The van der Waals surface area contributed by atoms with Gasteiger partial charge in [0.2, 0.25) is 0 Å². The molecule has 43 heavy (non-hydrogen) atoms. The lowest BCUT2D eigenvalue weighted by Crippen LogP contribution is -2.56. The quantitative estimate of drug-likeness (QED) is 0.0620. The molecule has 5 nitrogen and oxygen atoms in total. The number of thiocarbonyl (C=S) groups is 2. The molecule has 1 aliphatic rings. The molecule has 1 fully saturated rings. The van der Waals surface area contributed by atoms with Crippen LogP contribution in [0.3, 0.4) is 0 Å². The van der Waals surface area contributed by atoms with Crippen molar-refractivity contribution >= 4 is 34.5 Å². The third-order valence-corrected chi connectivity index (χ3v) is 9.35. The highest BCUT2D eigenvalue weighted by atomic mass is 32.1. The summed E-state index contributed by atoms with van der Waals surface area (Å²) in [5.41, 5.74) is 0. The lowest BCUT2D eigenvalue weighted by atomic mass is 10.00. The monoisotopic (exact) mass is 644 g/mol. The van der Waals surface area contributed by atoms with Crippen molar-refractivity contribution in [3.63, 3.8) is 0 Å². The van der Waals surface area contributed by atoms with Crippen molar-refractivity contribution in [2.24, 2.45) is 0 Å². The van der Waals surface area contributed by atoms with E-state index in [-0.39, 0.29) is 13.2 Å². The summed E-state index contributed by atoms with van der Waals surface area (Å²) in [6, 6.07) is 0. The predicted octanol–water partition coefficient (Wildman–Crippen LogP) is 10.3. The van der Waals surface area contributed by atoms with Crippen LogP contribution in [0.4, 0.5) is 0 Å². The van der Waals surface area contributed by atoms with Crippen LogP contribution in [-0.2, 0) is 14.2 Å². The highest BCUT2D eigenvalue weighted by molar-refractivity contribution is 7.80. The Kier molecular flexibility index (Phi) is 27.5. The summed E-state index contributed by atoms with van der Waals surface area (Å²) >= 11 is 10.9. The molecule has 1 aliphatic heterocycles. The van der Waals surface area contributed by atoms with E-state index in [9.17, 15) is 10.2 Å². The van der Waals surface area contributed by atoms with Gasteiger partial charge in [0.1, 0.15) is 24.9 Å². The summed E-state index contributed by atoms with van der Waals surface area (Å²) < 4.78 is 17.3. The summed E-state index contributed by atoms with van der Waals surface area (Å²) in [5.74, 6) is 0. The van der Waals surface area contributed by atoms with Gasteiger partial charge in [-0.25, -0.2) is 0 Å². The van der Waals surface area contributed by atoms with Gasteiger partial charge in [-0.05, 0) is 37.3 Å². The number of ether oxygens (including phenoxy) is 3. The van der Waals surface area contributed by atoms with E-state index in [4.69, 9.17) is 38.6 Å². The molecule has 254 valence electrons. The lowest BCUT2D eigenvalue weighted by molar-refractivity contribution is -0.189. The Balaban J connectivity index is 2.07. The molecule has 2 N–H and O–H groups in total. The van der Waals surface area contributed by atoms with Gasteiger partial charge in [0.15, 0.2) is 16.2 Å². The maximum Gasteiger partial charge on any atom is 0.160 e. The summed E-state index contributed by atoms with van der Waals surface area (Å²) in [6.45, 7) is 4.78. The first-order valence-electron chi connectivity index (χ1n) is 18.3. The van der Waals surface area contributed by atoms with Crippen LogP contribution < -0.4 is 0 Å². The first-order chi connectivity index (χ1) is 21.0. The van der Waals surface area contributed by atoms with Crippen LogP contribution in [0.2, 0.25) is 0 Å². The summed E-state index contributed by atoms with van der Waals surface area (Å²) in [4.78, 5) is 0. The van der Waals surface area contributed by atoms with Gasteiger partial charge in [0, 0.05) is 12.8 Å². The second-order valence-corrected chi connectivity index (χ2v) is 13.8. The van der Waals surface area contributed by atoms with E-state index < -0.39 is 24.4 Å². The third kappa shape index (κ3) is 22.8. The molecule has 0 aromatic carbocycles. The van der Waals surface area contributed by atoms with Gasteiger partial charge >= 0.3 is 0 Å². The molecular weight excluding hydrogens is 577 g/mol. The number of hydrogen-bond donors (Lipinski definition) is 2. The van der Waals surface area contributed by atoms with E-state index in [2.05, 4.69) is 13.8 Å². The Bertz CT molecular complexity index is 662. The molecule has 0 aromatic rings. The molecule has 0 radical (unpaired) electrons. The third-order valence-electron chi connectivity index (χ3n) is 8.72. The zero-order valence-corrected chi connectivity index (χ0v) is 29.7. The van der Waals surface area contributed by atoms with Crippen LogP contribution in [-0.4, -0.2) is 57.9 Å². The Labute approximate surface area is 276 Å². The van der Waals surface area contributed by atoms with Crippen molar-refractivity contribution in [1.82, 2.24) is 0 Å². The molecule has 0 unspecified atom stereocenters. The van der Waals surface area contributed by atoms with Crippen LogP contribution in [0, 0.1) is 0 Å². The van der Waals surface area contributed by atoms with Gasteiger partial charge in [0.05, 0.1) is 6.61 Å². The van der Waals surface area contributed by atoms with Crippen LogP contribution in [0.25, 0.3) is 0 Å². The number of unbranched alkanes of at least 4 members (excludes halogenated alkanes) is 22. The molecule has 0 spiro atoms. The number of aliphatic hydroxyl groups is 2. The minimum atomic E-state index is -1.02. The van der Waals surface area contributed by atoms with Gasteiger partial charge < -0.3 is 24.4 Å². The average molecular weight is 645 g/mol. The minimum Gasteiger partial charge on any atom is -0.484 e. The number of hydrogen-bond acceptors (Lipinski definition) is 7. The van der Waals surface area contributed by atoms with Crippen molar-refractivity contribution in [2.45, 2.75) is 205 Å².